The van der Waals surface area contributed by atoms with Crippen LogP contribution in [0.25, 0.3) is 0 Å². The Balaban J connectivity index is -0.000000135. The molecule has 0 fully saturated rings. The smallest absolute Gasteiger partial charge is 0.870 e. The van der Waals surface area contributed by atoms with E-state index in [4.69, 9.17) is 15.3 Å². The fourth-order valence-corrected chi connectivity index (χ4v) is 0.760. The Hall–Kier alpha value is 0.279. The first-order valence-electron chi connectivity index (χ1n) is 3.40. The standard InChI is InChI=1S/C6H15NO3.Cu.2H2O/c8-4-1-7(2-5-9)3-6-10;;;/h8-10H,1-6H2;;2*1H2/q;+2;;/p-2. The molecule has 0 aromatic heterocycles. The summed E-state index contributed by atoms with van der Waals surface area (Å²) in [6.45, 7) is 1.75. The van der Waals surface area contributed by atoms with E-state index in [1.807, 2.05) is 0 Å². The van der Waals surface area contributed by atoms with E-state index in [9.17, 15) is 0 Å². The molecule has 0 bridgehead atoms. The van der Waals surface area contributed by atoms with Gasteiger partial charge >= 0.3 is 17.1 Å². The Morgan fingerprint density at radius 3 is 1.08 bits per heavy atom. The summed E-state index contributed by atoms with van der Waals surface area (Å²) in [4.78, 5) is 1.79. The summed E-state index contributed by atoms with van der Waals surface area (Å²) in [6, 6.07) is 0. The van der Waals surface area contributed by atoms with Crippen LogP contribution < -0.4 is 0 Å². The van der Waals surface area contributed by atoms with Gasteiger partial charge in [0.25, 0.3) is 0 Å². The van der Waals surface area contributed by atoms with Gasteiger partial charge in [-0.2, -0.15) is 0 Å². The number of hydrogen-bond acceptors (Lipinski definition) is 6. The maximum Gasteiger partial charge on any atom is 2.00 e. The van der Waals surface area contributed by atoms with Crippen molar-refractivity contribution in [1.82, 2.24) is 4.90 Å². The normalized spacial score (nSPS) is 8.31. The van der Waals surface area contributed by atoms with Crippen LogP contribution >= 0.6 is 0 Å². The quantitative estimate of drug-likeness (QED) is 0.462. The van der Waals surface area contributed by atoms with Gasteiger partial charge in [0.05, 0.1) is 19.8 Å². The van der Waals surface area contributed by atoms with Crippen LogP contribution in [0.4, 0.5) is 0 Å². The molecule has 13 heavy (non-hydrogen) atoms. The van der Waals surface area contributed by atoms with Gasteiger partial charge in [0, 0.05) is 19.6 Å². The topological polar surface area (TPSA) is 124 Å². The summed E-state index contributed by atoms with van der Waals surface area (Å²) in [5, 5.41) is 25.5. The molecule has 5 N–H and O–H groups in total. The van der Waals surface area contributed by atoms with E-state index in [-0.39, 0.29) is 47.8 Å². The van der Waals surface area contributed by atoms with Crippen molar-refractivity contribution in [3.63, 3.8) is 0 Å². The molecule has 0 aliphatic heterocycles. The van der Waals surface area contributed by atoms with Crippen molar-refractivity contribution in [2.45, 2.75) is 0 Å². The Kier molecular flexibility index (Phi) is 32.5. The number of aliphatic hydroxyl groups excluding tert-OH is 3. The first-order valence-corrected chi connectivity index (χ1v) is 3.40. The third-order valence-corrected chi connectivity index (χ3v) is 1.25. The van der Waals surface area contributed by atoms with E-state index in [2.05, 4.69) is 0 Å². The van der Waals surface area contributed by atoms with Gasteiger partial charge in [0.1, 0.15) is 0 Å². The third kappa shape index (κ3) is 15.1. The fraction of sp³-hybridized carbons (Fsp3) is 1.00. The molecule has 1 radical (unpaired) electrons. The molecule has 87 valence electrons. The van der Waals surface area contributed by atoms with E-state index in [1.165, 1.54) is 0 Å². The van der Waals surface area contributed by atoms with Gasteiger partial charge in [0.15, 0.2) is 0 Å². The van der Waals surface area contributed by atoms with Crippen LogP contribution in [0.5, 0.6) is 0 Å². The second-order valence-corrected chi connectivity index (χ2v) is 2.01. The van der Waals surface area contributed by atoms with Crippen molar-refractivity contribution >= 4 is 0 Å². The van der Waals surface area contributed by atoms with Gasteiger partial charge in [0.2, 0.25) is 0 Å². The molecular formula is C6H17CuNO5. The van der Waals surface area contributed by atoms with Crippen LogP contribution in [0.1, 0.15) is 0 Å². The second kappa shape index (κ2) is 18.1. The van der Waals surface area contributed by atoms with Crippen LogP contribution in [0, 0.1) is 0 Å². The average Bonchev–Trinajstić information content (AvgIpc) is 1.90. The molecule has 0 atom stereocenters. The molecule has 0 heterocycles. The van der Waals surface area contributed by atoms with Gasteiger partial charge < -0.3 is 26.3 Å². The number of aliphatic hydroxyl groups is 3. The fourth-order valence-electron chi connectivity index (χ4n) is 0.760. The molecule has 0 saturated carbocycles. The summed E-state index contributed by atoms with van der Waals surface area (Å²) in [7, 11) is 0. The molecule has 0 aliphatic rings. The predicted molar refractivity (Wildman–Crippen MR) is 41.6 cm³/mol. The molecular weight excluding hydrogens is 230 g/mol. The van der Waals surface area contributed by atoms with Gasteiger partial charge in [-0.1, -0.05) is 0 Å². The van der Waals surface area contributed by atoms with E-state index >= 15 is 0 Å². The van der Waals surface area contributed by atoms with Crippen LogP contribution in [0.2, 0.25) is 0 Å². The Labute approximate surface area is 88.3 Å². The molecule has 0 saturated heterocycles. The summed E-state index contributed by atoms with van der Waals surface area (Å²) in [6.07, 6.45) is 0. The molecule has 0 aromatic carbocycles. The van der Waals surface area contributed by atoms with Crippen molar-refractivity contribution in [3.05, 3.63) is 0 Å². The SMILES string of the molecule is OCCN(CCO)CCO.[Cu+2].[OH-].[OH-]. The van der Waals surface area contributed by atoms with E-state index in [1.54, 1.807) is 4.90 Å². The van der Waals surface area contributed by atoms with Crippen molar-refractivity contribution in [1.29, 1.82) is 0 Å². The molecule has 0 aliphatic carbocycles. The van der Waals surface area contributed by atoms with E-state index in [0.29, 0.717) is 19.6 Å². The largest absolute Gasteiger partial charge is 2.00 e. The number of rotatable bonds is 6. The van der Waals surface area contributed by atoms with Crippen LogP contribution in [-0.2, 0) is 17.1 Å². The second-order valence-electron chi connectivity index (χ2n) is 2.01. The number of nitrogens with zero attached hydrogens (tertiary/aromatic N) is 1. The van der Waals surface area contributed by atoms with Crippen LogP contribution in [0.3, 0.4) is 0 Å². The summed E-state index contributed by atoms with van der Waals surface area (Å²) in [5.74, 6) is 0. The average molecular weight is 247 g/mol. The minimum absolute atomic E-state index is 0. The number of hydrogen-bond donors (Lipinski definition) is 3. The summed E-state index contributed by atoms with van der Waals surface area (Å²) in [5.41, 5.74) is 0. The Bertz CT molecular complexity index is 63.8. The summed E-state index contributed by atoms with van der Waals surface area (Å²) >= 11 is 0. The van der Waals surface area contributed by atoms with Crippen molar-refractivity contribution in [2.75, 3.05) is 39.5 Å². The van der Waals surface area contributed by atoms with Gasteiger partial charge in [-0.05, 0) is 0 Å². The van der Waals surface area contributed by atoms with Crippen molar-refractivity contribution in [3.8, 4) is 0 Å². The van der Waals surface area contributed by atoms with E-state index < -0.39 is 0 Å². The monoisotopic (exact) mass is 246 g/mol. The zero-order valence-corrected chi connectivity index (χ0v) is 8.17. The maximum atomic E-state index is 8.48. The van der Waals surface area contributed by atoms with E-state index in [0.717, 1.165) is 0 Å². The Morgan fingerprint density at radius 2 is 0.923 bits per heavy atom. The van der Waals surface area contributed by atoms with Crippen molar-refractivity contribution in [2.24, 2.45) is 0 Å². The minimum Gasteiger partial charge on any atom is -0.870 e. The molecule has 0 aromatic rings. The predicted octanol–water partition coefficient (Wildman–Crippen LogP) is -2.09. The first kappa shape index (κ1) is 23.3. The molecule has 0 spiro atoms. The molecule has 7 heteroatoms. The zero-order chi connectivity index (χ0) is 7.82. The van der Waals surface area contributed by atoms with Gasteiger partial charge in [-0.25, -0.2) is 0 Å². The first-order chi connectivity index (χ1) is 4.85. The summed E-state index contributed by atoms with van der Waals surface area (Å²) < 4.78 is 0. The van der Waals surface area contributed by atoms with Gasteiger partial charge in [-0.15, -0.1) is 0 Å². The Morgan fingerprint density at radius 1 is 0.692 bits per heavy atom. The third-order valence-electron chi connectivity index (χ3n) is 1.25. The van der Waals surface area contributed by atoms with Gasteiger partial charge in [-0.3, -0.25) is 4.90 Å². The minimum atomic E-state index is 0. The molecule has 6 nitrogen and oxygen atoms in total. The molecule has 0 amide bonds. The van der Waals surface area contributed by atoms with Crippen LogP contribution in [0.15, 0.2) is 0 Å². The maximum absolute atomic E-state index is 8.48. The zero-order valence-electron chi connectivity index (χ0n) is 7.23. The van der Waals surface area contributed by atoms with Crippen LogP contribution in [-0.4, -0.2) is 70.6 Å². The van der Waals surface area contributed by atoms with Crippen molar-refractivity contribution < 1.29 is 43.3 Å². The molecule has 0 unspecified atom stereocenters. The molecule has 0 rings (SSSR count).